The van der Waals surface area contributed by atoms with Crippen molar-refractivity contribution in [2.45, 2.75) is 24.9 Å². The van der Waals surface area contributed by atoms with Crippen molar-refractivity contribution in [2.75, 3.05) is 0 Å². The zero-order valence-electron chi connectivity index (χ0n) is 11.3. The molecule has 2 aromatic rings. The third kappa shape index (κ3) is 3.71. The zero-order chi connectivity index (χ0) is 13.7. The van der Waals surface area contributed by atoms with Crippen molar-refractivity contribution in [3.8, 4) is 0 Å². The van der Waals surface area contributed by atoms with Gasteiger partial charge in [0.2, 0.25) is 0 Å². The first kappa shape index (κ1) is 13.9. The molecular formula is C17H18OS. The number of thioether (sulfide) groups is 1. The molecule has 0 spiro atoms. The number of rotatable bonds is 5. The van der Waals surface area contributed by atoms with Gasteiger partial charge in [-0.2, -0.15) is 0 Å². The van der Waals surface area contributed by atoms with Crippen LogP contribution in [0, 0.1) is 6.92 Å². The Hall–Kier alpha value is -1.54. The Kier molecular flexibility index (Phi) is 4.80. The third-order valence-corrected chi connectivity index (χ3v) is 4.37. The van der Waals surface area contributed by atoms with Crippen LogP contribution in [0.2, 0.25) is 0 Å². The predicted octanol–water partition coefficient (Wildman–Crippen LogP) is 4.50. The zero-order valence-corrected chi connectivity index (χ0v) is 12.1. The molecule has 0 bridgehead atoms. The van der Waals surface area contributed by atoms with E-state index in [1.165, 1.54) is 11.1 Å². The maximum Gasteiger partial charge on any atom is 0.175 e. The van der Waals surface area contributed by atoms with Crippen molar-refractivity contribution >= 4 is 17.5 Å². The largest absolute Gasteiger partial charge is 0.293 e. The van der Waals surface area contributed by atoms with Gasteiger partial charge in [-0.15, -0.1) is 11.8 Å². The van der Waals surface area contributed by atoms with E-state index >= 15 is 0 Å². The van der Waals surface area contributed by atoms with Crippen LogP contribution in [0.5, 0.6) is 0 Å². The minimum absolute atomic E-state index is 0.0120. The molecule has 0 aliphatic rings. The Morgan fingerprint density at radius 2 is 1.68 bits per heavy atom. The fourth-order valence-electron chi connectivity index (χ4n) is 1.90. The highest BCUT2D eigenvalue weighted by Crippen LogP contribution is 2.22. The minimum atomic E-state index is -0.0120. The first-order valence-electron chi connectivity index (χ1n) is 6.44. The number of ketones is 1. The van der Waals surface area contributed by atoms with Gasteiger partial charge in [-0.3, -0.25) is 4.79 Å². The first-order chi connectivity index (χ1) is 9.18. The molecule has 0 fully saturated rings. The molecule has 98 valence electrons. The summed E-state index contributed by atoms with van der Waals surface area (Å²) in [5, 5.41) is -0.0120. The molecule has 0 unspecified atom stereocenters. The van der Waals surface area contributed by atoms with Crippen LogP contribution in [0.15, 0.2) is 54.6 Å². The summed E-state index contributed by atoms with van der Waals surface area (Å²) in [5.41, 5.74) is 3.39. The summed E-state index contributed by atoms with van der Waals surface area (Å²) in [4.78, 5) is 12.2. The van der Waals surface area contributed by atoms with E-state index in [1.54, 1.807) is 11.8 Å². The molecule has 0 aliphatic heterocycles. The van der Waals surface area contributed by atoms with Crippen molar-refractivity contribution < 1.29 is 4.79 Å². The summed E-state index contributed by atoms with van der Waals surface area (Å²) in [5.74, 6) is 1.09. The number of carbonyl (C=O) groups is 1. The van der Waals surface area contributed by atoms with E-state index in [0.717, 1.165) is 11.3 Å². The number of Topliss-reactive ketones (excluding diaryl/α,β-unsaturated/α-hetero) is 1. The van der Waals surface area contributed by atoms with Gasteiger partial charge in [0, 0.05) is 11.3 Å². The molecule has 0 radical (unpaired) electrons. The monoisotopic (exact) mass is 270 g/mol. The Balaban J connectivity index is 1.97. The Morgan fingerprint density at radius 3 is 2.37 bits per heavy atom. The van der Waals surface area contributed by atoms with E-state index in [4.69, 9.17) is 0 Å². The van der Waals surface area contributed by atoms with Gasteiger partial charge >= 0.3 is 0 Å². The topological polar surface area (TPSA) is 17.1 Å². The molecular weight excluding hydrogens is 252 g/mol. The normalized spacial score (nSPS) is 12.1. The second-order valence-electron chi connectivity index (χ2n) is 4.61. The smallest absolute Gasteiger partial charge is 0.175 e. The number of benzene rings is 2. The van der Waals surface area contributed by atoms with Crippen molar-refractivity contribution in [1.82, 2.24) is 0 Å². The van der Waals surface area contributed by atoms with Gasteiger partial charge in [0.15, 0.2) is 5.78 Å². The molecule has 0 heterocycles. The van der Waals surface area contributed by atoms with E-state index in [9.17, 15) is 4.79 Å². The second-order valence-corrected chi connectivity index (χ2v) is 5.94. The van der Waals surface area contributed by atoms with E-state index in [0.29, 0.717) is 0 Å². The van der Waals surface area contributed by atoms with Gasteiger partial charge in [0.05, 0.1) is 5.25 Å². The second kappa shape index (κ2) is 6.58. The molecule has 0 N–H and O–H groups in total. The lowest BCUT2D eigenvalue weighted by Gasteiger charge is -2.11. The van der Waals surface area contributed by atoms with E-state index in [-0.39, 0.29) is 11.0 Å². The van der Waals surface area contributed by atoms with Crippen LogP contribution >= 0.6 is 11.8 Å². The highest BCUT2D eigenvalue weighted by Gasteiger charge is 2.15. The summed E-state index contributed by atoms with van der Waals surface area (Å²) < 4.78 is 0. The van der Waals surface area contributed by atoms with Gasteiger partial charge < -0.3 is 0 Å². The van der Waals surface area contributed by atoms with Crippen molar-refractivity contribution in [1.29, 1.82) is 0 Å². The summed E-state index contributed by atoms with van der Waals surface area (Å²) in [6.07, 6.45) is 0. The van der Waals surface area contributed by atoms with Gasteiger partial charge in [-0.1, -0.05) is 54.6 Å². The van der Waals surface area contributed by atoms with Gasteiger partial charge in [-0.05, 0) is 25.0 Å². The third-order valence-electron chi connectivity index (χ3n) is 3.18. The van der Waals surface area contributed by atoms with E-state index in [1.807, 2.05) is 49.4 Å². The molecule has 0 saturated heterocycles. The van der Waals surface area contributed by atoms with Crippen LogP contribution in [0.1, 0.15) is 28.4 Å². The van der Waals surface area contributed by atoms with E-state index < -0.39 is 0 Å². The summed E-state index contributed by atoms with van der Waals surface area (Å²) in [7, 11) is 0. The van der Waals surface area contributed by atoms with Crippen LogP contribution in [-0.2, 0) is 5.75 Å². The highest BCUT2D eigenvalue weighted by molar-refractivity contribution is 7.99. The Morgan fingerprint density at radius 1 is 1.05 bits per heavy atom. The number of aryl methyl sites for hydroxylation is 1. The van der Waals surface area contributed by atoms with E-state index in [2.05, 4.69) is 19.1 Å². The number of hydrogen-bond acceptors (Lipinski definition) is 2. The fourth-order valence-corrected chi connectivity index (χ4v) is 2.94. The Bertz CT molecular complexity index is 548. The molecule has 2 aromatic carbocycles. The summed E-state index contributed by atoms with van der Waals surface area (Å²) in [6, 6.07) is 17.8. The van der Waals surface area contributed by atoms with Crippen LogP contribution in [0.4, 0.5) is 0 Å². The maximum absolute atomic E-state index is 12.2. The van der Waals surface area contributed by atoms with Crippen LogP contribution in [0.25, 0.3) is 0 Å². The maximum atomic E-state index is 12.2. The van der Waals surface area contributed by atoms with Gasteiger partial charge in [0.1, 0.15) is 0 Å². The quantitative estimate of drug-likeness (QED) is 0.744. The van der Waals surface area contributed by atoms with Crippen molar-refractivity contribution in [3.05, 3.63) is 71.3 Å². The molecule has 0 aliphatic carbocycles. The van der Waals surface area contributed by atoms with Crippen LogP contribution in [0.3, 0.4) is 0 Å². The predicted molar refractivity (Wildman–Crippen MR) is 82.7 cm³/mol. The average molecular weight is 270 g/mol. The van der Waals surface area contributed by atoms with Crippen LogP contribution < -0.4 is 0 Å². The van der Waals surface area contributed by atoms with Gasteiger partial charge in [-0.25, -0.2) is 0 Å². The standard InChI is InChI=1S/C17H18OS/c1-13-8-6-7-11-16(13)12-19-14(2)17(18)15-9-4-3-5-10-15/h3-11,14H,12H2,1-2H3/t14-/m0/s1. The summed E-state index contributed by atoms with van der Waals surface area (Å²) in [6.45, 7) is 4.10. The average Bonchev–Trinajstić information content (AvgIpc) is 2.46. The molecule has 1 atom stereocenters. The van der Waals surface area contributed by atoms with Gasteiger partial charge in [0.25, 0.3) is 0 Å². The van der Waals surface area contributed by atoms with Crippen molar-refractivity contribution in [2.24, 2.45) is 0 Å². The molecule has 0 saturated carbocycles. The lowest BCUT2D eigenvalue weighted by molar-refractivity contribution is 0.0994. The first-order valence-corrected chi connectivity index (χ1v) is 7.48. The minimum Gasteiger partial charge on any atom is -0.293 e. The Labute approximate surface area is 119 Å². The number of carbonyl (C=O) groups excluding carboxylic acids is 1. The fraction of sp³-hybridized carbons (Fsp3) is 0.235. The molecule has 2 rings (SSSR count). The number of hydrogen-bond donors (Lipinski definition) is 0. The molecule has 2 heteroatoms. The van der Waals surface area contributed by atoms with Crippen LogP contribution in [-0.4, -0.2) is 11.0 Å². The highest BCUT2D eigenvalue weighted by atomic mass is 32.2. The molecule has 19 heavy (non-hydrogen) atoms. The lowest BCUT2D eigenvalue weighted by atomic mass is 10.1. The molecule has 0 aromatic heterocycles. The SMILES string of the molecule is Cc1ccccc1CS[C@@H](C)C(=O)c1ccccc1. The summed E-state index contributed by atoms with van der Waals surface area (Å²) >= 11 is 1.70. The van der Waals surface area contributed by atoms with Crippen molar-refractivity contribution in [3.63, 3.8) is 0 Å². The lowest BCUT2D eigenvalue weighted by Crippen LogP contribution is -2.13. The molecule has 1 nitrogen and oxygen atoms in total. The molecule has 0 amide bonds.